The first-order chi connectivity index (χ1) is 22.1. The lowest BCUT2D eigenvalue weighted by atomic mass is 10.0. The molecule has 0 aliphatic rings. The van der Waals surface area contributed by atoms with Gasteiger partial charge in [0.1, 0.15) is 24.1 Å². The number of hydrogen-bond acceptors (Lipinski definition) is 6. The molecule has 1 unspecified atom stereocenters. The van der Waals surface area contributed by atoms with E-state index in [0.717, 1.165) is 9.87 Å². The van der Waals surface area contributed by atoms with Crippen molar-refractivity contribution < 1.29 is 27.5 Å². The monoisotopic (exact) mass is 683 g/mol. The summed E-state index contributed by atoms with van der Waals surface area (Å²) in [4.78, 5) is 29.5. The lowest BCUT2D eigenvalue weighted by Gasteiger charge is -2.34. The summed E-state index contributed by atoms with van der Waals surface area (Å²) in [7, 11) is -1.44. The average molecular weight is 685 g/mol. The van der Waals surface area contributed by atoms with Crippen LogP contribution >= 0.6 is 23.2 Å². The molecule has 0 aliphatic heterocycles. The highest BCUT2D eigenvalue weighted by Crippen LogP contribution is 2.33. The number of anilines is 1. The van der Waals surface area contributed by atoms with Gasteiger partial charge in [0.05, 0.1) is 24.8 Å². The number of sulfonamides is 1. The normalized spacial score (nSPS) is 11.8. The molecule has 1 N–H and O–H groups in total. The van der Waals surface area contributed by atoms with Crippen LogP contribution in [0.5, 0.6) is 11.5 Å². The maximum Gasteiger partial charge on any atom is 0.264 e. The first-order valence-electron chi connectivity index (χ1n) is 14.4. The van der Waals surface area contributed by atoms with Gasteiger partial charge in [-0.1, -0.05) is 71.7 Å². The molecular formula is C34H35Cl2N3O6S. The van der Waals surface area contributed by atoms with Crippen molar-refractivity contribution in [3.05, 3.63) is 118 Å². The maximum absolute atomic E-state index is 14.5. The van der Waals surface area contributed by atoms with Crippen LogP contribution in [0.15, 0.2) is 102 Å². The number of methoxy groups -OCH3 is 2. The van der Waals surface area contributed by atoms with Crippen molar-refractivity contribution in [1.82, 2.24) is 10.2 Å². The Balaban J connectivity index is 1.84. The molecule has 0 saturated carbocycles. The summed E-state index contributed by atoms with van der Waals surface area (Å²) in [5.74, 6) is -0.326. The van der Waals surface area contributed by atoms with E-state index in [-0.39, 0.29) is 29.3 Å². The van der Waals surface area contributed by atoms with Gasteiger partial charge in [0, 0.05) is 29.6 Å². The molecule has 0 spiro atoms. The van der Waals surface area contributed by atoms with Crippen LogP contribution in [-0.4, -0.2) is 58.5 Å². The van der Waals surface area contributed by atoms with Gasteiger partial charge in [0.2, 0.25) is 11.8 Å². The first kappa shape index (κ1) is 34.6. The van der Waals surface area contributed by atoms with Gasteiger partial charge >= 0.3 is 0 Å². The highest BCUT2D eigenvalue weighted by Gasteiger charge is 2.35. The Labute approximate surface area is 279 Å². The number of rotatable bonds is 14. The van der Waals surface area contributed by atoms with Crippen molar-refractivity contribution >= 4 is 50.7 Å². The van der Waals surface area contributed by atoms with E-state index in [9.17, 15) is 18.0 Å². The van der Waals surface area contributed by atoms with E-state index < -0.39 is 34.4 Å². The van der Waals surface area contributed by atoms with E-state index >= 15 is 0 Å². The molecule has 1 atom stereocenters. The molecule has 4 aromatic carbocycles. The molecule has 0 radical (unpaired) electrons. The van der Waals surface area contributed by atoms with Crippen molar-refractivity contribution in [1.29, 1.82) is 0 Å². The van der Waals surface area contributed by atoms with Crippen LogP contribution < -0.4 is 19.1 Å². The fourth-order valence-electron chi connectivity index (χ4n) is 4.90. The van der Waals surface area contributed by atoms with Crippen molar-refractivity contribution in [2.75, 3.05) is 31.6 Å². The number of hydrogen-bond donors (Lipinski definition) is 1. The smallest absolute Gasteiger partial charge is 0.264 e. The molecule has 0 saturated heterocycles. The number of halogens is 2. The Morgan fingerprint density at radius 3 is 2.17 bits per heavy atom. The van der Waals surface area contributed by atoms with E-state index in [4.69, 9.17) is 32.7 Å². The minimum Gasteiger partial charge on any atom is -0.497 e. The summed E-state index contributed by atoms with van der Waals surface area (Å²) in [6.45, 7) is 1.37. The summed E-state index contributed by atoms with van der Waals surface area (Å²) < 4.78 is 40.2. The highest BCUT2D eigenvalue weighted by molar-refractivity contribution is 7.92. The van der Waals surface area contributed by atoms with Crippen LogP contribution in [0.2, 0.25) is 10.0 Å². The summed E-state index contributed by atoms with van der Waals surface area (Å²) in [6.07, 6.45) is 0.170. The Kier molecular flexibility index (Phi) is 11.9. The van der Waals surface area contributed by atoms with Gasteiger partial charge in [-0.2, -0.15) is 0 Å². The molecule has 0 bridgehead atoms. The van der Waals surface area contributed by atoms with Gasteiger partial charge < -0.3 is 19.7 Å². The number of ether oxygens (including phenoxy) is 2. The van der Waals surface area contributed by atoms with Gasteiger partial charge in [-0.3, -0.25) is 13.9 Å². The molecule has 9 nitrogen and oxygen atoms in total. The quantitative estimate of drug-likeness (QED) is 0.175. The Hall–Kier alpha value is -4.25. The van der Waals surface area contributed by atoms with Gasteiger partial charge in [-0.15, -0.1) is 0 Å². The van der Waals surface area contributed by atoms with E-state index in [1.165, 1.54) is 43.4 Å². The second-order valence-corrected chi connectivity index (χ2v) is 12.9. The molecule has 242 valence electrons. The number of amides is 2. The Bertz CT molecular complexity index is 1750. The number of carbonyl (C=O) groups is 2. The van der Waals surface area contributed by atoms with Crippen LogP contribution in [0.1, 0.15) is 18.1 Å². The number of nitrogens with zero attached hydrogens (tertiary/aromatic N) is 2. The van der Waals surface area contributed by atoms with Crippen molar-refractivity contribution in [2.45, 2.75) is 30.8 Å². The summed E-state index contributed by atoms with van der Waals surface area (Å²) >= 11 is 12.7. The zero-order valence-corrected chi connectivity index (χ0v) is 28.0. The second-order valence-electron chi connectivity index (χ2n) is 10.2. The number of benzene rings is 4. The maximum atomic E-state index is 14.5. The minimum atomic E-state index is -4.34. The third-order valence-electron chi connectivity index (χ3n) is 7.26. The highest BCUT2D eigenvalue weighted by atomic mass is 35.5. The Morgan fingerprint density at radius 1 is 0.870 bits per heavy atom. The summed E-state index contributed by atoms with van der Waals surface area (Å²) in [5, 5.41) is 3.54. The molecule has 0 aliphatic carbocycles. The minimum absolute atomic E-state index is 0.0659. The lowest BCUT2D eigenvalue weighted by Crippen LogP contribution is -2.53. The van der Waals surface area contributed by atoms with Gasteiger partial charge in [-0.25, -0.2) is 8.42 Å². The SMILES string of the molecule is CCNC(=O)C(Cc1ccccc1)N(Cc1ccc(Cl)cc1Cl)C(=O)CN(c1ccccc1OC)S(=O)(=O)c1ccc(OC)cc1. The molecule has 0 fully saturated rings. The lowest BCUT2D eigenvalue weighted by molar-refractivity contribution is -0.140. The predicted octanol–water partition coefficient (Wildman–Crippen LogP) is 5.98. The topological polar surface area (TPSA) is 105 Å². The van der Waals surface area contributed by atoms with Crippen LogP contribution in [-0.2, 0) is 32.6 Å². The van der Waals surface area contributed by atoms with Crippen molar-refractivity contribution in [3.8, 4) is 11.5 Å². The number of para-hydroxylation sites is 2. The Morgan fingerprint density at radius 2 is 1.54 bits per heavy atom. The van der Waals surface area contributed by atoms with Crippen LogP contribution in [0, 0.1) is 0 Å². The van der Waals surface area contributed by atoms with Gasteiger partial charge in [-0.05, 0) is 66.6 Å². The van der Waals surface area contributed by atoms with Crippen LogP contribution in [0.3, 0.4) is 0 Å². The first-order valence-corrected chi connectivity index (χ1v) is 16.6. The summed E-state index contributed by atoms with van der Waals surface area (Å²) in [5.41, 5.74) is 1.49. The molecule has 12 heteroatoms. The number of nitrogens with one attached hydrogen (secondary N) is 1. The van der Waals surface area contributed by atoms with Gasteiger partial charge in [0.15, 0.2) is 0 Å². The van der Waals surface area contributed by atoms with Crippen LogP contribution in [0.25, 0.3) is 0 Å². The molecule has 4 aromatic rings. The zero-order valence-electron chi connectivity index (χ0n) is 25.7. The van der Waals surface area contributed by atoms with E-state index in [1.54, 1.807) is 49.4 Å². The fraction of sp³-hybridized carbons (Fsp3) is 0.235. The van der Waals surface area contributed by atoms with E-state index in [1.807, 2.05) is 30.3 Å². The fourth-order valence-corrected chi connectivity index (χ4v) is 6.80. The van der Waals surface area contributed by atoms with E-state index in [2.05, 4.69) is 5.32 Å². The zero-order chi connectivity index (χ0) is 33.3. The van der Waals surface area contributed by atoms with Crippen molar-refractivity contribution in [2.24, 2.45) is 0 Å². The predicted molar refractivity (Wildman–Crippen MR) is 180 cm³/mol. The third-order valence-corrected chi connectivity index (χ3v) is 9.62. The van der Waals surface area contributed by atoms with Crippen LogP contribution in [0.4, 0.5) is 5.69 Å². The molecule has 4 rings (SSSR count). The molecule has 46 heavy (non-hydrogen) atoms. The molecule has 2 amide bonds. The molecule has 0 aromatic heterocycles. The van der Waals surface area contributed by atoms with E-state index in [0.29, 0.717) is 27.9 Å². The summed E-state index contributed by atoms with van der Waals surface area (Å²) in [6, 6.07) is 25.5. The van der Waals surface area contributed by atoms with Crippen molar-refractivity contribution in [3.63, 3.8) is 0 Å². The molecule has 0 heterocycles. The number of carbonyl (C=O) groups excluding carboxylic acids is 2. The average Bonchev–Trinajstić information content (AvgIpc) is 3.06. The largest absolute Gasteiger partial charge is 0.497 e. The second kappa shape index (κ2) is 15.8. The standard InChI is InChI=1S/C34H35Cl2N3O6S/c1-4-37-34(41)31(20-24-10-6-5-7-11-24)38(22-25-14-15-26(35)21-29(25)36)33(40)23-39(30-12-8-9-13-32(30)45-3)46(42,43)28-18-16-27(44-2)17-19-28/h5-19,21,31H,4,20,22-23H2,1-3H3,(H,37,41). The number of likely N-dealkylation sites (N-methyl/N-ethyl adjacent to an activating group) is 1. The molecular weight excluding hydrogens is 649 g/mol. The third kappa shape index (κ3) is 8.31. The van der Waals surface area contributed by atoms with Gasteiger partial charge in [0.25, 0.3) is 10.0 Å².